The third-order valence-corrected chi connectivity index (χ3v) is 6.72. The summed E-state index contributed by atoms with van der Waals surface area (Å²) in [5.41, 5.74) is 3.51. The van der Waals surface area contributed by atoms with E-state index in [4.69, 9.17) is 11.6 Å². The highest BCUT2D eigenvalue weighted by molar-refractivity contribution is 7.92. The maximum Gasteiger partial charge on any atom is 0.154 e. The zero-order valence-corrected chi connectivity index (χ0v) is 13.2. The molecule has 0 saturated carbocycles. The molecule has 1 unspecified atom stereocenters. The highest BCUT2D eigenvalue weighted by Crippen LogP contribution is 2.28. The van der Waals surface area contributed by atoms with Gasteiger partial charge in [0.1, 0.15) is 0 Å². The maximum absolute atomic E-state index is 11.7. The van der Waals surface area contributed by atoms with Crippen LogP contribution in [0.15, 0.2) is 18.2 Å². The molecule has 0 radical (unpaired) electrons. The van der Waals surface area contributed by atoms with Gasteiger partial charge >= 0.3 is 0 Å². The molecule has 0 N–H and O–H groups in total. The van der Waals surface area contributed by atoms with Gasteiger partial charge in [-0.25, -0.2) is 8.42 Å². The van der Waals surface area contributed by atoms with Gasteiger partial charge in [0.25, 0.3) is 0 Å². The van der Waals surface area contributed by atoms with Crippen molar-refractivity contribution in [1.82, 2.24) is 0 Å². The van der Waals surface area contributed by atoms with E-state index in [0.29, 0.717) is 6.42 Å². The van der Waals surface area contributed by atoms with E-state index < -0.39 is 20.0 Å². The number of benzene rings is 1. The van der Waals surface area contributed by atoms with E-state index in [-0.39, 0.29) is 0 Å². The summed E-state index contributed by atoms with van der Waals surface area (Å²) in [4.78, 5) is 0. The summed E-state index contributed by atoms with van der Waals surface area (Å²) in [6.45, 7) is 7.46. The van der Waals surface area contributed by atoms with Crippen LogP contribution in [0.2, 0.25) is 0 Å². The Hall–Kier alpha value is -0.540. The third-order valence-electron chi connectivity index (χ3n) is 3.70. The molecule has 0 aliphatic heterocycles. The highest BCUT2D eigenvalue weighted by Gasteiger charge is 2.37. The molecule has 2 nitrogen and oxygen atoms in total. The summed E-state index contributed by atoms with van der Waals surface area (Å²) in [7, 11) is -3.17. The molecule has 0 fully saturated rings. The lowest BCUT2D eigenvalue weighted by atomic mass is 9.98. The monoisotopic (exact) mass is 288 g/mol. The van der Waals surface area contributed by atoms with E-state index in [1.54, 1.807) is 13.8 Å². The fraction of sp³-hybridized carbons (Fsp3) is 0.571. The van der Waals surface area contributed by atoms with E-state index in [1.807, 2.05) is 19.1 Å². The second-order valence-corrected chi connectivity index (χ2v) is 8.59. The van der Waals surface area contributed by atoms with Crippen LogP contribution in [0.1, 0.15) is 30.5 Å². The van der Waals surface area contributed by atoms with Gasteiger partial charge < -0.3 is 0 Å². The SMILES string of the molecule is Cc1ccc(CC(Cl)C(C)(C)S(C)(=O)=O)cc1C. The van der Waals surface area contributed by atoms with Crippen molar-refractivity contribution < 1.29 is 8.42 Å². The van der Waals surface area contributed by atoms with Gasteiger partial charge in [-0.1, -0.05) is 18.2 Å². The molecule has 102 valence electrons. The van der Waals surface area contributed by atoms with Gasteiger partial charge in [-0.2, -0.15) is 0 Å². The van der Waals surface area contributed by atoms with E-state index in [2.05, 4.69) is 13.0 Å². The number of hydrogen-bond donors (Lipinski definition) is 0. The van der Waals surface area contributed by atoms with Crippen LogP contribution >= 0.6 is 11.6 Å². The summed E-state index contributed by atoms with van der Waals surface area (Å²) in [5, 5.41) is -0.436. The summed E-state index contributed by atoms with van der Waals surface area (Å²) >= 11 is 6.30. The van der Waals surface area contributed by atoms with Crippen molar-refractivity contribution in [3.63, 3.8) is 0 Å². The molecule has 0 saturated heterocycles. The van der Waals surface area contributed by atoms with E-state index >= 15 is 0 Å². The van der Waals surface area contributed by atoms with Crippen LogP contribution in [0.4, 0.5) is 0 Å². The minimum absolute atomic E-state index is 0.436. The van der Waals surface area contributed by atoms with Gasteiger partial charge in [-0.05, 0) is 50.8 Å². The van der Waals surface area contributed by atoms with Crippen molar-refractivity contribution in [2.45, 2.75) is 44.2 Å². The molecule has 4 heteroatoms. The number of aryl methyl sites for hydroxylation is 2. The summed E-state index contributed by atoms with van der Waals surface area (Å²) in [5.74, 6) is 0. The van der Waals surface area contributed by atoms with E-state index in [0.717, 1.165) is 5.56 Å². The Bertz CT molecular complexity index is 533. The van der Waals surface area contributed by atoms with Gasteiger partial charge in [0.2, 0.25) is 0 Å². The van der Waals surface area contributed by atoms with Gasteiger partial charge in [-0.3, -0.25) is 0 Å². The van der Waals surface area contributed by atoms with Crippen LogP contribution in [0.3, 0.4) is 0 Å². The van der Waals surface area contributed by atoms with E-state index in [1.165, 1.54) is 17.4 Å². The fourth-order valence-corrected chi connectivity index (χ4v) is 2.83. The second kappa shape index (κ2) is 5.22. The Kier molecular flexibility index (Phi) is 4.50. The maximum atomic E-state index is 11.7. The number of sulfone groups is 1. The molecular formula is C14H21ClO2S. The zero-order chi connectivity index (χ0) is 14.1. The largest absolute Gasteiger partial charge is 0.229 e. The fourth-order valence-electron chi connectivity index (χ4n) is 1.62. The Morgan fingerprint density at radius 3 is 2.22 bits per heavy atom. The smallest absolute Gasteiger partial charge is 0.154 e. The quantitative estimate of drug-likeness (QED) is 0.797. The first kappa shape index (κ1) is 15.5. The average molecular weight is 289 g/mol. The number of alkyl halides is 1. The van der Waals surface area contributed by atoms with Crippen LogP contribution in [0.25, 0.3) is 0 Å². The minimum atomic E-state index is -3.17. The second-order valence-electron chi connectivity index (χ2n) is 5.47. The van der Waals surface area contributed by atoms with Crippen molar-refractivity contribution in [3.05, 3.63) is 34.9 Å². The Labute approximate surface area is 115 Å². The minimum Gasteiger partial charge on any atom is -0.229 e. The summed E-state index contributed by atoms with van der Waals surface area (Å²) < 4.78 is 22.5. The van der Waals surface area contributed by atoms with Gasteiger partial charge in [-0.15, -0.1) is 11.6 Å². The number of halogens is 1. The molecule has 0 bridgehead atoms. The van der Waals surface area contributed by atoms with Gasteiger partial charge in [0, 0.05) is 6.26 Å². The number of hydrogen-bond acceptors (Lipinski definition) is 2. The molecule has 0 aromatic heterocycles. The third kappa shape index (κ3) is 3.27. The summed E-state index contributed by atoms with van der Waals surface area (Å²) in [6.07, 6.45) is 1.80. The first-order valence-corrected chi connectivity index (χ1v) is 8.28. The topological polar surface area (TPSA) is 34.1 Å². The molecule has 0 heterocycles. The Morgan fingerprint density at radius 1 is 1.22 bits per heavy atom. The van der Waals surface area contributed by atoms with Crippen LogP contribution in [-0.4, -0.2) is 24.8 Å². The molecule has 18 heavy (non-hydrogen) atoms. The van der Waals surface area contributed by atoms with Crippen LogP contribution in [0, 0.1) is 13.8 Å². The van der Waals surface area contributed by atoms with Crippen LogP contribution in [-0.2, 0) is 16.3 Å². The molecule has 0 aliphatic carbocycles. The number of rotatable bonds is 4. The first-order valence-electron chi connectivity index (χ1n) is 5.95. The average Bonchev–Trinajstić information content (AvgIpc) is 2.21. The Morgan fingerprint density at radius 2 is 1.78 bits per heavy atom. The van der Waals surface area contributed by atoms with Gasteiger partial charge in [0.05, 0.1) is 10.1 Å². The lowest BCUT2D eigenvalue weighted by Crippen LogP contribution is -2.41. The van der Waals surface area contributed by atoms with Crippen molar-refractivity contribution >= 4 is 21.4 Å². The van der Waals surface area contributed by atoms with Crippen LogP contribution < -0.4 is 0 Å². The predicted molar refractivity (Wildman–Crippen MR) is 78.2 cm³/mol. The molecule has 1 aromatic rings. The highest BCUT2D eigenvalue weighted by atomic mass is 35.5. The predicted octanol–water partition coefficient (Wildman–Crippen LogP) is 3.28. The van der Waals surface area contributed by atoms with E-state index in [9.17, 15) is 8.42 Å². The normalized spacial score (nSPS) is 14.6. The molecule has 0 amide bonds. The molecule has 1 atom stereocenters. The molecule has 1 aromatic carbocycles. The molecule has 0 spiro atoms. The molecule has 0 aliphatic rings. The Balaban J connectivity index is 2.94. The standard InChI is InChI=1S/C14H21ClO2S/c1-10-6-7-12(8-11(10)2)9-13(15)14(3,4)18(5,16)17/h6-8,13H,9H2,1-5H3. The van der Waals surface area contributed by atoms with Crippen molar-refractivity contribution in [2.24, 2.45) is 0 Å². The molecular weight excluding hydrogens is 268 g/mol. The zero-order valence-electron chi connectivity index (χ0n) is 11.6. The van der Waals surface area contributed by atoms with Gasteiger partial charge in [0.15, 0.2) is 9.84 Å². The first-order chi connectivity index (χ1) is 8.05. The van der Waals surface area contributed by atoms with Crippen LogP contribution in [0.5, 0.6) is 0 Å². The lowest BCUT2D eigenvalue weighted by Gasteiger charge is -2.28. The van der Waals surface area contributed by atoms with Crippen molar-refractivity contribution in [3.8, 4) is 0 Å². The van der Waals surface area contributed by atoms with Crippen molar-refractivity contribution in [2.75, 3.05) is 6.26 Å². The summed E-state index contributed by atoms with van der Waals surface area (Å²) in [6, 6.07) is 6.13. The van der Waals surface area contributed by atoms with Crippen molar-refractivity contribution in [1.29, 1.82) is 0 Å². The lowest BCUT2D eigenvalue weighted by molar-refractivity contribution is 0.536. The molecule has 1 rings (SSSR count).